The molecule has 0 atom stereocenters. The monoisotopic (exact) mass is 508 g/mol. The SMILES string of the molecule is CCc1nnc(NC(=O)/C(C#N)=C\c2ccc(OCCOCCOc3ccc(C)cc3)c(OC)c2)s1. The van der Waals surface area contributed by atoms with Crippen LogP contribution in [-0.4, -0.2) is 49.6 Å². The number of nitriles is 1. The van der Waals surface area contributed by atoms with Crippen LogP contribution in [0.25, 0.3) is 6.08 Å². The van der Waals surface area contributed by atoms with Crippen molar-refractivity contribution in [1.29, 1.82) is 5.26 Å². The van der Waals surface area contributed by atoms with Gasteiger partial charge in [-0.25, -0.2) is 0 Å². The molecule has 188 valence electrons. The van der Waals surface area contributed by atoms with Gasteiger partial charge in [-0.3, -0.25) is 10.1 Å². The Hall–Kier alpha value is -3.94. The van der Waals surface area contributed by atoms with E-state index in [1.165, 1.54) is 30.1 Å². The first-order valence-electron chi connectivity index (χ1n) is 11.4. The van der Waals surface area contributed by atoms with Crippen LogP contribution in [0.2, 0.25) is 0 Å². The third kappa shape index (κ3) is 8.08. The molecule has 10 heteroatoms. The van der Waals surface area contributed by atoms with Crippen LogP contribution >= 0.6 is 11.3 Å². The second-order valence-electron chi connectivity index (χ2n) is 7.51. The van der Waals surface area contributed by atoms with Crippen LogP contribution in [0.3, 0.4) is 0 Å². The number of methoxy groups -OCH3 is 1. The number of benzene rings is 2. The average molecular weight is 509 g/mol. The quantitative estimate of drug-likeness (QED) is 0.205. The van der Waals surface area contributed by atoms with E-state index < -0.39 is 5.91 Å². The lowest BCUT2D eigenvalue weighted by atomic mass is 10.1. The Bertz CT molecular complexity index is 1220. The van der Waals surface area contributed by atoms with Crippen LogP contribution in [0.5, 0.6) is 17.2 Å². The van der Waals surface area contributed by atoms with Crippen LogP contribution in [0, 0.1) is 18.3 Å². The third-order valence-electron chi connectivity index (χ3n) is 4.86. The zero-order chi connectivity index (χ0) is 25.8. The van der Waals surface area contributed by atoms with Gasteiger partial charge in [-0.15, -0.1) is 10.2 Å². The fourth-order valence-corrected chi connectivity index (χ4v) is 3.66. The summed E-state index contributed by atoms with van der Waals surface area (Å²) in [5, 5.41) is 21.1. The number of aryl methyl sites for hydroxylation is 2. The van der Waals surface area contributed by atoms with Crippen molar-refractivity contribution < 1.29 is 23.7 Å². The summed E-state index contributed by atoms with van der Waals surface area (Å²) in [6, 6.07) is 14.9. The van der Waals surface area contributed by atoms with Gasteiger partial charge < -0.3 is 18.9 Å². The highest BCUT2D eigenvalue weighted by molar-refractivity contribution is 7.15. The van der Waals surface area contributed by atoms with Gasteiger partial charge in [0.1, 0.15) is 35.6 Å². The van der Waals surface area contributed by atoms with Crippen molar-refractivity contribution in [2.45, 2.75) is 20.3 Å². The lowest BCUT2D eigenvalue weighted by molar-refractivity contribution is -0.112. The van der Waals surface area contributed by atoms with Crippen molar-refractivity contribution in [3.63, 3.8) is 0 Å². The highest BCUT2D eigenvalue weighted by Crippen LogP contribution is 2.29. The Morgan fingerprint density at radius 1 is 1.06 bits per heavy atom. The average Bonchev–Trinajstić information content (AvgIpc) is 3.35. The minimum atomic E-state index is -0.556. The molecular weight excluding hydrogens is 480 g/mol. The molecule has 3 aromatic rings. The maximum atomic E-state index is 12.5. The Balaban J connectivity index is 1.48. The minimum Gasteiger partial charge on any atom is -0.493 e. The van der Waals surface area contributed by atoms with Gasteiger partial charge in [-0.1, -0.05) is 42.0 Å². The summed E-state index contributed by atoms with van der Waals surface area (Å²) >= 11 is 1.27. The van der Waals surface area contributed by atoms with Crippen LogP contribution in [0.15, 0.2) is 48.0 Å². The lowest BCUT2D eigenvalue weighted by Gasteiger charge is -2.12. The largest absolute Gasteiger partial charge is 0.493 e. The molecule has 0 aliphatic rings. The fraction of sp³-hybridized carbons (Fsp3) is 0.308. The standard InChI is InChI=1S/C26H28N4O5S/c1-4-24-29-30-26(36-24)28-25(31)20(17-27)15-19-7-10-22(23(16-19)32-3)35-14-12-33-11-13-34-21-8-5-18(2)6-9-21/h5-10,15-16H,4,11-14H2,1-3H3,(H,28,30,31)/b20-15-. The number of aromatic nitrogens is 2. The van der Waals surface area contributed by atoms with Crippen molar-refractivity contribution in [2.24, 2.45) is 0 Å². The van der Waals surface area contributed by atoms with Crippen LogP contribution in [-0.2, 0) is 16.0 Å². The van der Waals surface area contributed by atoms with Crippen molar-refractivity contribution in [3.05, 3.63) is 64.2 Å². The normalized spacial score (nSPS) is 11.0. The molecule has 9 nitrogen and oxygen atoms in total. The number of nitrogens with zero attached hydrogens (tertiary/aromatic N) is 3. The highest BCUT2D eigenvalue weighted by Gasteiger charge is 2.13. The topological polar surface area (TPSA) is 116 Å². The Morgan fingerprint density at radius 2 is 1.81 bits per heavy atom. The van der Waals surface area contributed by atoms with Gasteiger partial charge in [-0.2, -0.15) is 5.26 Å². The number of carbonyl (C=O) groups excluding carboxylic acids is 1. The molecule has 0 bridgehead atoms. The summed E-state index contributed by atoms with van der Waals surface area (Å²) in [6.07, 6.45) is 2.19. The van der Waals surface area contributed by atoms with E-state index in [9.17, 15) is 10.1 Å². The molecule has 3 rings (SSSR count). The van der Waals surface area contributed by atoms with Gasteiger partial charge in [0.25, 0.3) is 5.91 Å². The molecule has 0 unspecified atom stereocenters. The van der Waals surface area contributed by atoms with E-state index in [2.05, 4.69) is 15.5 Å². The van der Waals surface area contributed by atoms with Gasteiger partial charge in [-0.05, 0) is 49.2 Å². The molecule has 36 heavy (non-hydrogen) atoms. The molecule has 0 spiro atoms. The number of hydrogen-bond donors (Lipinski definition) is 1. The van der Waals surface area contributed by atoms with E-state index in [1.54, 1.807) is 18.2 Å². The number of hydrogen-bond acceptors (Lipinski definition) is 9. The van der Waals surface area contributed by atoms with E-state index >= 15 is 0 Å². The second-order valence-corrected chi connectivity index (χ2v) is 8.57. The summed E-state index contributed by atoms with van der Waals surface area (Å²) in [5.74, 6) is 1.25. The van der Waals surface area contributed by atoms with Crippen molar-refractivity contribution in [2.75, 3.05) is 38.9 Å². The van der Waals surface area contributed by atoms with Gasteiger partial charge in [0.05, 0.1) is 20.3 Å². The van der Waals surface area contributed by atoms with Crippen molar-refractivity contribution >= 4 is 28.5 Å². The molecule has 0 saturated carbocycles. The molecule has 1 heterocycles. The van der Waals surface area contributed by atoms with Crippen LogP contribution < -0.4 is 19.5 Å². The predicted octanol–water partition coefficient (Wildman–Crippen LogP) is 4.44. The van der Waals surface area contributed by atoms with E-state index in [0.29, 0.717) is 48.6 Å². The zero-order valence-electron chi connectivity index (χ0n) is 20.4. The third-order valence-corrected chi connectivity index (χ3v) is 5.84. The van der Waals surface area contributed by atoms with Gasteiger partial charge >= 0.3 is 0 Å². The Labute approximate surface area is 214 Å². The molecule has 1 N–H and O–H groups in total. The number of nitrogens with one attached hydrogen (secondary N) is 1. The molecule has 0 radical (unpaired) electrons. The van der Waals surface area contributed by atoms with Crippen LogP contribution in [0.1, 0.15) is 23.1 Å². The number of amides is 1. The first-order valence-corrected chi connectivity index (χ1v) is 12.2. The Kier molecular flexibility index (Phi) is 10.2. The minimum absolute atomic E-state index is 0.0692. The number of carbonyl (C=O) groups is 1. The van der Waals surface area contributed by atoms with Crippen LogP contribution in [0.4, 0.5) is 5.13 Å². The first kappa shape index (κ1) is 26.7. The van der Waals surface area contributed by atoms with E-state index in [-0.39, 0.29) is 5.57 Å². The zero-order valence-corrected chi connectivity index (χ0v) is 21.3. The molecule has 1 amide bonds. The van der Waals surface area contributed by atoms with Crippen molar-refractivity contribution in [3.8, 4) is 23.3 Å². The summed E-state index contributed by atoms with van der Waals surface area (Å²) < 4.78 is 22.4. The molecular formula is C26H28N4O5S. The van der Waals surface area contributed by atoms with Crippen molar-refractivity contribution in [1.82, 2.24) is 10.2 Å². The molecule has 0 aliphatic carbocycles. The molecule has 2 aromatic carbocycles. The number of rotatable bonds is 13. The molecule has 1 aromatic heterocycles. The molecule has 0 fully saturated rings. The van der Waals surface area contributed by atoms with Gasteiger partial charge in [0, 0.05) is 0 Å². The first-order chi connectivity index (χ1) is 17.5. The number of anilines is 1. The summed E-state index contributed by atoms with van der Waals surface area (Å²) in [4.78, 5) is 12.5. The van der Waals surface area contributed by atoms with Gasteiger partial charge in [0.15, 0.2) is 11.5 Å². The van der Waals surface area contributed by atoms with E-state index in [0.717, 1.165) is 17.2 Å². The summed E-state index contributed by atoms with van der Waals surface area (Å²) in [6.45, 7) is 5.56. The highest BCUT2D eigenvalue weighted by atomic mass is 32.1. The fourth-order valence-electron chi connectivity index (χ4n) is 2.99. The smallest absolute Gasteiger partial charge is 0.268 e. The second kappa shape index (κ2) is 13.8. The van der Waals surface area contributed by atoms with E-state index in [1.807, 2.05) is 44.2 Å². The van der Waals surface area contributed by atoms with E-state index in [4.69, 9.17) is 18.9 Å². The predicted molar refractivity (Wildman–Crippen MR) is 137 cm³/mol. The maximum Gasteiger partial charge on any atom is 0.268 e. The Morgan fingerprint density at radius 3 is 2.47 bits per heavy atom. The lowest BCUT2D eigenvalue weighted by Crippen LogP contribution is -2.13. The van der Waals surface area contributed by atoms with Gasteiger partial charge in [0.2, 0.25) is 5.13 Å². The molecule has 0 aliphatic heterocycles. The summed E-state index contributed by atoms with van der Waals surface area (Å²) in [7, 11) is 1.52. The number of ether oxygens (including phenoxy) is 4. The molecule has 0 saturated heterocycles. The maximum absolute atomic E-state index is 12.5. The summed E-state index contributed by atoms with van der Waals surface area (Å²) in [5.41, 5.74) is 1.73.